The number of hydrogen-bond donors (Lipinski definition) is 2. The molecule has 0 aliphatic heterocycles. The molecule has 2 N–H and O–H groups in total. The number of aryl methyl sites for hydroxylation is 1. The molecule has 9 heteroatoms. The van der Waals surface area contributed by atoms with Crippen LogP contribution in [0.1, 0.15) is 47.8 Å². The summed E-state index contributed by atoms with van der Waals surface area (Å²) in [6.45, 7) is 7.42. The normalized spacial score (nSPS) is 11.8. The summed E-state index contributed by atoms with van der Waals surface area (Å²) in [6, 6.07) is 14.1. The van der Waals surface area contributed by atoms with Crippen LogP contribution in [0.15, 0.2) is 59.7 Å². The number of hydrogen-bond acceptors (Lipinski definition) is 3. The highest BCUT2D eigenvalue weighted by Crippen LogP contribution is 2.35. The van der Waals surface area contributed by atoms with Gasteiger partial charge in [-0.1, -0.05) is 38.1 Å². The van der Waals surface area contributed by atoms with Crippen molar-refractivity contribution < 1.29 is 22.8 Å². The summed E-state index contributed by atoms with van der Waals surface area (Å²) in [7, 11) is 0. The van der Waals surface area contributed by atoms with E-state index in [-0.39, 0.29) is 5.69 Å². The van der Waals surface area contributed by atoms with Gasteiger partial charge in [-0.25, -0.2) is 5.43 Å². The first-order valence-corrected chi connectivity index (χ1v) is 10.6. The molecule has 3 rings (SSSR count). The molecule has 0 saturated carbocycles. The Morgan fingerprint density at radius 3 is 2.26 bits per heavy atom. The van der Waals surface area contributed by atoms with E-state index in [0.717, 1.165) is 11.6 Å². The summed E-state index contributed by atoms with van der Waals surface area (Å²) in [4.78, 5) is 24.2. The first-order chi connectivity index (χ1) is 16.0. The molecule has 0 aliphatic carbocycles. The molecule has 0 bridgehead atoms. The molecule has 0 unspecified atom stereocenters. The van der Waals surface area contributed by atoms with Gasteiger partial charge in [0.15, 0.2) is 0 Å². The number of benzene rings is 2. The van der Waals surface area contributed by atoms with Crippen LogP contribution in [0.2, 0.25) is 0 Å². The Hall–Kier alpha value is -3.88. The van der Waals surface area contributed by atoms with Crippen molar-refractivity contribution in [3.63, 3.8) is 0 Å². The van der Waals surface area contributed by atoms with E-state index in [0.29, 0.717) is 28.6 Å². The van der Waals surface area contributed by atoms with E-state index in [2.05, 4.69) is 15.8 Å². The number of hydrazone groups is 1. The molecule has 34 heavy (non-hydrogen) atoms. The predicted octanol–water partition coefficient (Wildman–Crippen LogP) is 5.33. The van der Waals surface area contributed by atoms with Crippen LogP contribution in [-0.4, -0.2) is 22.6 Å². The third-order valence-electron chi connectivity index (χ3n) is 5.33. The van der Waals surface area contributed by atoms with Gasteiger partial charge in [0.25, 0.3) is 0 Å². The third kappa shape index (κ3) is 5.54. The van der Waals surface area contributed by atoms with E-state index in [1.165, 1.54) is 29.0 Å². The third-order valence-corrected chi connectivity index (χ3v) is 5.33. The van der Waals surface area contributed by atoms with Gasteiger partial charge < -0.3 is 9.88 Å². The van der Waals surface area contributed by atoms with E-state index < -0.39 is 23.6 Å². The van der Waals surface area contributed by atoms with Gasteiger partial charge in [0.2, 0.25) is 0 Å². The minimum absolute atomic E-state index is 0.00320. The molecule has 0 fully saturated rings. The molecule has 178 valence electrons. The van der Waals surface area contributed by atoms with Crippen LogP contribution in [0.5, 0.6) is 0 Å². The number of alkyl halides is 3. The second kappa shape index (κ2) is 9.94. The Bertz CT molecular complexity index is 1230. The number of nitrogens with zero attached hydrogens (tertiary/aromatic N) is 2. The Morgan fingerprint density at radius 1 is 1.00 bits per heavy atom. The minimum Gasteiger partial charge on any atom is -0.318 e. The first-order valence-electron chi connectivity index (χ1n) is 10.6. The molecule has 0 radical (unpaired) electrons. The molecule has 3 aromatic rings. The van der Waals surface area contributed by atoms with Crippen LogP contribution in [0.25, 0.3) is 5.69 Å². The van der Waals surface area contributed by atoms with Crippen LogP contribution < -0.4 is 10.7 Å². The zero-order valence-corrected chi connectivity index (χ0v) is 19.2. The van der Waals surface area contributed by atoms with Crippen LogP contribution >= 0.6 is 0 Å². The molecule has 1 heterocycles. The van der Waals surface area contributed by atoms with Crippen LogP contribution in [0.4, 0.5) is 18.9 Å². The van der Waals surface area contributed by atoms with Crippen molar-refractivity contribution in [3.05, 3.63) is 82.7 Å². The summed E-state index contributed by atoms with van der Waals surface area (Å²) in [5.74, 6) is -1.52. The van der Waals surface area contributed by atoms with Gasteiger partial charge in [0.05, 0.1) is 17.5 Å². The number of nitrogens with one attached hydrogen (secondary N) is 2. The summed E-state index contributed by atoms with van der Waals surface area (Å²) >= 11 is 0. The lowest BCUT2D eigenvalue weighted by Crippen LogP contribution is -2.32. The Balaban J connectivity index is 1.71. The minimum atomic E-state index is -4.51. The van der Waals surface area contributed by atoms with Gasteiger partial charge in [-0.15, -0.1) is 0 Å². The molecule has 6 nitrogen and oxygen atoms in total. The summed E-state index contributed by atoms with van der Waals surface area (Å²) in [5, 5.41) is 6.29. The highest BCUT2D eigenvalue weighted by molar-refractivity contribution is 6.39. The van der Waals surface area contributed by atoms with Gasteiger partial charge in [-0.3, -0.25) is 9.59 Å². The van der Waals surface area contributed by atoms with E-state index in [1.54, 1.807) is 32.0 Å². The van der Waals surface area contributed by atoms with Crippen molar-refractivity contribution in [3.8, 4) is 5.69 Å². The van der Waals surface area contributed by atoms with Crippen molar-refractivity contribution >= 4 is 23.7 Å². The van der Waals surface area contributed by atoms with E-state index in [4.69, 9.17) is 0 Å². The number of rotatable bonds is 5. The standard InChI is InChI=1S/C25H25F3N4O2/c1-15(2)18-9-11-20(12-10-18)30-23(33)24(34)31-29-14-19-13-16(3)32(17(19)4)22-8-6-5-7-21(22)25(26,27)28/h5-15H,1-4H3,(H,30,33)(H,31,34)/b29-14-. The highest BCUT2D eigenvalue weighted by atomic mass is 19.4. The molecule has 0 aliphatic rings. The zero-order chi connectivity index (χ0) is 25.0. The second-order valence-electron chi connectivity index (χ2n) is 8.11. The van der Waals surface area contributed by atoms with Gasteiger partial charge in [0.1, 0.15) is 0 Å². The highest BCUT2D eigenvalue weighted by Gasteiger charge is 2.34. The maximum absolute atomic E-state index is 13.5. The molecular formula is C25H25F3N4O2. The lowest BCUT2D eigenvalue weighted by atomic mass is 10.0. The number of anilines is 1. The molecule has 0 saturated heterocycles. The zero-order valence-electron chi connectivity index (χ0n) is 19.2. The smallest absolute Gasteiger partial charge is 0.318 e. The van der Waals surface area contributed by atoms with Crippen molar-refractivity contribution in [1.82, 2.24) is 9.99 Å². The van der Waals surface area contributed by atoms with Crippen molar-refractivity contribution in [1.29, 1.82) is 0 Å². The maximum Gasteiger partial charge on any atom is 0.418 e. The molecule has 0 atom stereocenters. The monoisotopic (exact) mass is 470 g/mol. The molecule has 1 aromatic heterocycles. The molecule has 2 amide bonds. The molecule has 0 spiro atoms. The van der Waals surface area contributed by atoms with Crippen molar-refractivity contribution in [2.75, 3.05) is 5.32 Å². The molecule has 2 aromatic carbocycles. The molecular weight excluding hydrogens is 445 g/mol. The number of carbonyl (C=O) groups is 2. The SMILES string of the molecule is Cc1cc(/C=N\NC(=O)C(=O)Nc2ccc(C(C)C)cc2)c(C)n1-c1ccccc1C(F)(F)F. The van der Waals surface area contributed by atoms with Crippen LogP contribution in [0, 0.1) is 13.8 Å². The fourth-order valence-corrected chi connectivity index (χ4v) is 3.55. The Labute approximate surface area is 195 Å². The number of aromatic nitrogens is 1. The Kier molecular flexibility index (Phi) is 7.24. The fourth-order valence-electron chi connectivity index (χ4n) is 3.55. The lowest BCUT2D eigenvalue weighted by molar-refractivity contribution is -0.137. The summed E-state index contributed by atoms with van der Waals surface area (Å²) in [5.41, 5.74) is 4.51. The second-order valence-corrected chi connectivity index (χ2v) is 8.11. The van der Waals surface area contributed by atoms with Crippen molar-refractivity contribution in [2.24, 2.45) is 5.10 Å². The number of amides is 2. The number of para-hydroxylation sites is 1. The van der Waals surface area contributed by atoms with E-state index >= 15 is 0 Å². The topological polar surface area (TPSA) is 75.5 Å². The van der Waals surface area contributed by atoms with Crippen molar-refractivity contribution in [2.45, 2.75) is 39.8 Å². The van der Waals surface area contributed by atoms with Gasteiger partial charge >= 0.3 is 18.0 Å². The summed E-state index contributed by atoms with van der Waals surface area (Å²) in [6.07, 6.45) is -3.22. The van der Waals surface area contributed by atoms with E-state index in [9.17, 15) is 22.8 Å². The predicted molar refractivity (Wildman–Crippen MR) is 125 cm³/mol. The largest absolute Gasteiger partial charge is 0.418 e. The first kappa shape index (κ1) is 24.8. The maximum atomic E-state index is 13.5. The van der Waals surface area contributed by atoms with Gasteiger partial charge in [0, 0.05) is 22.6 Å². The average molecular weight is 470 g/mol. The van der Waals surface area contributed by atoms with Gasteiger partial charge in [-0.2, -0.15) is 18.3 Å². The van der Waals surface area contributed by atoms with Crippen LogP contribution in [-0.2, 0) is 15.8 Å². The fraction of sp³-hybridized carbons (Fsp3) is 0.240. The lowest BCUT2D eigenvalue weighted by Gasteiger charge is -2.16. The average Bonchev–Trinajstić information content (AvgIpc) is 3.06. The van der Waals surface area contributed by atoms with Crippen LogP contribution in [0.3, 0.4) is 0 Å². The van der Waals surface area contributed by atoms with Gasteiger partial charge in [-0.05, 0) is 55.7 Å². The quantitative estimate of drug-likeness (QED) is 0.301. The number of carbonyl (C=O) groups excluding carboxylic acids is 2. The Morgan fingerprint density at radius 2 is 1.65 bits per heavy atom. The van der Waals surface area contributed by atoms with E-state index in [1.807, 2.05) is 26.0 Å². The number of halogens is 3. The summed E-state index contributed by atoms with van der Waals surface area (Å²) < 4.78 is 41.8.